The number of amides is 2. The van der Waals surface area contributed by atoms with Crippen LogP contribution in [0.5, 0.6) is 5.88 Å². The van der Waals surface area contributed by atoms with Crippen molar-refractivity contribution < 1.29 is 14.3 Å². The molecule has 8 nitrogen and oxygen atoms in total. The van der Waals surface area contributed by atoms with Gasteiger partial charge in [0.2, 0.25) is 17.7 Å². The van der Waals surface area contributed by atoms with Crippen molar-refractivity contribution in [3.05, 3.63) is 64.4 Å². The minimum Gasteiger partial charge on any atom is -0.420 e. The van der Waals surface area contributed by atoms with Gasteiger partial charge in [0, 0.05) is 12.5 Å². The van der Waals surface area contributed by atoms with Crippen LogP contribution >= 0.6 is 11.3 Å². The van der Waals surface area contributed by atoms with E-state index in [0.29, 0.717) is 22.5 Å². The summed E-state index contributed by atoms with van der Waals surface area (Å²) >= 11 is 1.45. The van der Waals surface area contributed by atoms with Crippen LogP contribution in [0.3, 0.4) is 0 Å². The van der Waals surface area contributed by atoms with Crippen molar-refractivity contribution in [1.82, 2.24) is 10.2 Å². The molecule has 0 radical (unpaired) electrons. The molecule has 1 unspecified atom stereocenters. The Bertz CT molecular complexity index is 1270. The van der Waals surface area contributed by atoms with Crippen molar-refractivity contribution in [2.75, 3.05) is 4.90 Å². The highest BCUT2D eigenvalue weighted by molar-refractivity contribution is 7.13. The molecule has 0 fully saturated rings. The van der Waals surface area contributed by atoms with Crippen LogP contribution in [0.2, 0.25) is 0 Å². The topological polar surface area (TPSA) is 125 Å². The molecule has 2 amide bonds. The summed E-state index contributed by atoms with van der Waals surface area (Å²) in [6, 6.07) is 12.7. The summed E-state index contributed by atoms with van der Waals surface area (Å²) in [4.78, 5) is 28.2. The molecule has 2 aromatic heterocycles. The monoisotopic (exact) mass is 403 g/mol. The second kappa shape index (κ2) is 5.80. The number of H-pyrrole nitrogens is 1. The number of aromatic nitrogens is 2. The predicted molar refractivity (Wildman–Crippen MR) is 105 cm³/mol. The number of thiophene rings is 1. The van der Waals surface area contributed by atoms with E-state index in [1.165, 1.54) is 18.3 Å². The van der Waals surface area contributed by atoms with Gasteiger partial charge in [-0.3, -0.25) is 14.7 Å². The molecule has 1 spiro atoms. The molecule has 4 heterocycles. The first-order valence-electron chi connectivity index (χ1n) is 8.67. The van der Waals surface area contributed by atoms with Gasteiger partial charge in [-0.05, 0) is 17.5 Å². The average Bonchev–Trinajstić information content (AvgIpc) is 3.40. The summed E-state index contributed by atoms with van der Waals surface area (Å²) in [5, 5.41) is 19.0. The van der Waals surface area contributed by atoms with Crippen LogP contribution < -0.4 is 15.4 Å². The lowest BCUT2D eigenvalue weighted by molar-refractivity contribution is -0.126. The van der Waals surface area contributed by atoms with Crippen molar-refractivity contribution in [2.45, 2.75) is 12.3 Å². The molecule has 3 aromatic rings. The number of rotatable bonds is 1. The zero-order valence-corrected chi connectivity index (χ0v) is 15.9. The van der Waals surface area contributed by atoms with E-state index < -0.39 is 17.2 Å². The number of nitriles is 1. The second-order valence-electron chi connectivity index (χ2n) is 6.64. The Morgan fingerprint density at radius 3 is 2.83 bits per heavy atom. The van der Waals surface area contributed by atoms with E-state index in [4.69, 9.17) is 10.5 Å². The van der Waals surface area contributed by atoms with Gasteiger partial charge in [0.05, 0.1) is 21.8 Å². The third-order valence-electron chi connectivity index (χ3n) is 5.20. The average molecular weight is 403 g/mol. The molecule has 2 aliphatic heterocycles. The molecule has 5 rings (SSSR count). The number of para-hydroxylation sites is 1. The third-order valence-corrected chi connectivity index (χ3v) is 6.09. The highest BCUT2D eigenvalue weighted by atomic mass is 32.1. The summed E-state index contributed by atoms with van der Waals surface area (Å²) in [5.74, 6) is -1.13. The van der Waals surface area contributed by atoms with Gasteiger partial charge in [0.1, 0.15) is 17.1 Å². The predicted octanol–water partition coefficient (Wildman–Crippen LogP) is 2.40. The van der Waals surface area contributed by atoms with Crippen molar-refractivity contribution >= 4 is 28.8 Å². The van der Waals surface area contributed by atoms with Gasteiger partial charge < -0.3 is 10.5 Å². The maximum absolute atomic E-state index is 13.8. The third kappa shape index (κ3) is 1.98. The maximum atomic E-state index is 13.8. The Morgan fingerprint density at radius 1 is 1.34 bits per heavy atom. The summed E-state index contributed by atoms with van der Waals surface area (Å²) < 4.78 is 5.60. The SMILES string of the molecule is CC(=O)N1C(=O)C2(C(C#N)=C(N)Oc3n[nH]c(-c4cccs4)c32)c2ccccc21. The highest BCUT2D eigenvalue weighted by Crippen LogP contribution is 2.57. The largest absolute Gasteiger partial charge is 0.420 e. The van der Waals surface area contributed by atoms with E-state index >= 15 is 0 Å². The second-order valence-corrected chi connectivity index (χ2v) is 7.58. The summed E-state index contributed by atoms with van der Waals surface area (Å²) in [5.41, 5.74) is 6.20. The van der Waals surface area contributed by atoms with Crippen LogP contribution in [0.25, 0.3) is 10.6 Å². The fourth-order valence-corrected chi connectivity index (χ4v) is 4.85. The first kappa shape index (κ1) is 17.2. The van der Waals surface area contributed by atoms with Crippen molar-refractivity contribution in [2.24, 2.45) is 5.73 Å². The fourth-order valence-electron chi connectivity index (χ4n) is 4.12. The molecule has 0 saturated carbocycles. The zero-order valence-electron chi connectivity index (χ0n) is 15.1. The molecule has 0 bridgehead atoms. The maximum Gasteiger partial charge on any atom is 0.254 e. The summed E-state index contributed by atoms with van der Waals surface area (Å²) in [6.07, 6.45) is 0. The number of carbonyl (C=O) groups is 2. The van der Waals surface area contributed by atoms with Gasteiger partial charge in [-0.25, -0.2) is 4.90 Å². The van der Waals surface area contributed by atoms with Gasteiger partial charge in [0.15, 0.2) is 0 Å². The standard InChI is InChI=1S/C20H13N5O3S/c1-10(26)25-13-6-3-2-5-11(13)20(19(25)27)12(9-21)17(22)28-18-15(20)16(23-24-18)14-7-4-8-29-14/h2-8H,22H2,1H3,(H,23,24). The fraction of sp³-hybridized carbons (Fsp3) is 0.100. The lowest BCUT2D eigenvalue weighted by Gasteiger charge is -2.32. The Morgan fingerprint density at radius 2 is 2.14 bits per heavy atom. The van der Waals surface area contributed by atoms with Crippen LogP contribution in [-0.2, 0) is 15.0 Å². The van der Waals surface area contributed by atoms with Crippen molar-refractivity contribution in [3.63, 3.8) is 0 Å². The number of fused-ring (bicyclic) bond motifs is 4. The number of carbonyl (C=O) groups excluding carboxylic acids is 2. The number of aromatic amines is 1. The first-order chi connectivity index (χ1) is 14.0. The molecule has 1 atom stereocenters. The molecule has 0 aliphatic carbocycles. The molecule has 29 heavy (non-hydrogen) atoms. The Balaban J connectivity index is 1.95. The molecule has 1 aromatic carbocycles. The number of nitrogens with one attached hydrogen (secondary N) is 1. The summed E-state index contributed by atoms with van der Waals surface area (Å²) in [6.45, 7) is 1.31. The van der Waals surface area contributed by atoms with E-state index in [0.717, 1.165) is 9.78 Å². The quantitative estimate of drug-likeness (QED) is 0.643. The van der Waals surface area contributed by atoms with Crippen LogP contribution in [0, 0.1) is 11.3 Å². The van der Waals surface area contributed by atoms with Crippen LogP contribution in [-0.4, -0.2) is 22.0 Å². The number of hydrogen-bond donors (Lipinski definition) is 2. The molecule has 142 valence electrons. The van der Waals surface area contributed by atoms with E-state index in [2.05, 4.69) is 16.3 Å². The minimum atomic E-state index is -1.62. The normalized spacial score (nSPS) is 19.7. The molecular formula is C20H13N5O3S. The van der Waals surface area contributed by atoms with E-state index in [9.17, 15) is 14.9 Å². The molecule has 0 saturated heterocycles. The van der Waals surface area contributed by atoms with Crippen molar-refractivity contribution in [1.29, 1.82) is 5.26 Å². The van der Waals surface area contributed by atoms with Gasteiger partial charge >= 0.3 is 0 Å². The number of ether oxygens (including phenoxy) is 1. The van der Waals surface area contributed by atoms with Crippen LogP contribution in [0.15, 0.2) is 53.2 Å². The van der Waals surface area contributed by atoms with Crippen LogP contribution in [0.4, 0.5) is 5.69 Å². The first-order valence-corrected chi connectivity index (χ1v) is 9.55. The van der Waals surface area contributed by atoms with Gasteiger partial charge in [0.25, 0.3) is 5.91 Å². The van der Waals surface area contributed by atoms with Crippen LogP contribution in [0.1, 0.15) is 18.1 Å². The van der Waals surface area contributed by atoms with Gasteiger partial charge in [-0.15, -0.1) is 16.4 Å². The number of anilines is 1. The molecule has 3 N–H and O–H groups in total. The van der Waals surface area contributed by atoms with Crippen molar-refractivity contribution in [3.8, 4) is 22.5 Å². The Labute approximate surface area is 168 Å². The molecule has 9 heteroatoms. The number of imide groups is 1. The molecule has 2 aliphatic rings. The van der Waals surface area contributed by atoms with Gasteiger partial charge in [-0.2, -0.15) is 5.26 Å². The zero-order chi connectivity index (χ0) is 20.3. The number of nitrogens with zero attached hydrogens (tertiary/aromatic N) is 3. The minimum absolute atomic E-state index is 0.0644. The lowest BCUT2D eigenvalue weighted by Crippen LogP contribution is -2.47. The smallest absolute Gasteiger partial charge is 0.254 e. The number of benzene rings is 1. The van der Waals surface area contributed by atoms with E-state index in [1.807, 2.05) is 17.5 Å². The molecular weight excluding hydrogens is 390 g/mol. The number of nitrogens with two attached hydrogens (primary N) is 1. The lowest BCUT2D eigenvalue weighted by atomic mass is 9.69. The Hall–Kier alpha value is -3.90. The van der Waals surface area contributed by atoms with E-state index in [1.54, 1.807) is 24.3 Å². The number of hydrogen-bond acceptors (Lipinski definition) is 7. The highest BCUT2D eigenvalue weighted by Gasteiger charge is 2.62. The Kier molecular flexibility index (Phi) is 3.44. The van der Waals surface area contributed by atoms with E-state index in [-0.39, 0.29) is 17.3 Å². The summed E-state index contributed by atoms with van der Waals surface area (Å²) in [7, 11) is 0. The van der Waals surface area contributed by atoms with Gasteiger partial charge in [-0.1, -0.05) is 24.3 Å².